The molecule has 2 nitrogen and oxygen atoms in total. The normalized spacial score (nSPS) is 13.4. The van der Waals surface area contributed by atoms with E-state index in [0.717, 1.165) is 12.0 Å². The van der Waals surface area contributed by atoms with Crippen LogP contribution in [0.1, 0.15) is 49.5 Å². The molecule has 1 unspecified atom stereocenters. The van der Waals surface area contributed by atoms with Gasteiger partial charge in [0, 0.05) is 18.0 Å². The second-order valence-corrected chi connectivity index (χ2v) is 6.17. The summed E-state index contributed by atoms with van der Waals surface area (Å²) >= 11 is 0. The van der Waals surface area contributed by atoms with Gasteiger partial charge < -0.3 is 5.73 Å². The van der Waals surface area contributed by atoms with E-state index >= 15 is 0 Å². The van der Waals surface area contributed by atoms with Gasteiger partial charge in [-0.2, -0.15) is 0 Å². The van der Waals surface area contributed by atoms with Gasteiger partial charge in [0.15, 0.2) is 5.78 Å². The van der Waals surface area contributed by atoms with Crippen LogP contribution in [0.15, 0.2) is 18.2 Å². The van der Waals surface area contributed by atoms with Crippen molar-refractivity contribution in [3.8, 4) is 0 Å². The van der Waals surface area contributed by atoms with Crippen molar-refractivity contribution in [2.45, 2.75) is 46.6 Å². The lowest BCUT2D eigenvalue weighted by Gasteiger charge is -2.22. The smallest absolute Gasteiger partial charge is 0.164 e. The Kier molecular flexibility index (Phi) is 4.63. The van der Waals surface area contributed by atoms with Crippen LogP contribution in [-0.4, -0.2) is 11.8 Å². The summed E-state index contributed by atoms with van der Waals surface area (Å²) in [5, 5.41) is 0. The van der Waals surface area contributed by atoms with Gasteiger partial charge in [0.25, 0.3) is 0 Å². The lowest BCUT2D eigenvalue weighted by atomic mass is 9.86. The van der Waals surface area contributed by atoms with E-state index < -0.39 is 0 Å². The molecular formula is C15H22FNO. The van der Waals surface area contributed by atoms with Crippen molar-refractivity contribution in [2.75, 3.05) is 0 Å². The predicted molar refractivity (Wildman–Crippen MR) is 72.1 cm³/mol. The molecule has 0 aliphatic heterocycles. The van der Waals surface area contributed by atoms with Crippen molar-refractivity contribution in [1.82, 2.24) is 0 Å². The highest BCUT2D eigenvalue weighted by molar-refractivity contribution is 5.96. The zero-order valence-electron chi connectivity index (χ0n) is 11.6. The minimum atomic E-state index is -0.372. The maximum Gasteiger partial charge on any atom is 0.164 e. The van der Waals surface area contributed by atoms with Crippen molar-refractivity contribution in [3.05, 3.63) is 35.1 Å². The molecular weight excluding hydrogens is 229 g/mol. The highest BCUT2D eigenvalue weighted by Gasteiger charge is 2.19. The van der Waals surface area contributed by atoms with Crippen LogP contribution in [0.3, 0.4) is 0 Å². The number of rotatable bonds is 4. The van der Waals surface area contributed by atoms with Gasteiger partial charge in [-0.05, 0) is 42.5 Å². The summed E-state index contributed by atoms with van der Waals surface area (Å²) in [6.07, 6.45) is 1.03. The fourth-order valence-electron chi connectivity index (χ4n) is 2.11. The van der Waals surface area contributed by atoms with Gasteiger partial charge in [0.05, 0.1) is 0 Å². The minimum absolute atomic E-state index is 0.0886. The van der Waals surface area contributed by atoms with Crippen LogP contribution >= 0.6 is 0 Å². The molecule has 18 heavy (non-hydrogen) atoms. The van der Waals surface area contributed by atoms with Crippen LogP contribution < -0.4 is 5.73 Å². The molecule has 0 fully saturated rings. The number of benzene rings is 1. The molecule has 0 amide bonds. The first-order valence-corrected chi connectivity index (χ1v) is 6.23. The molecule has 0 aliphatic carbocycles. The van der Waals surface area contributed by atoms with Gasteiger partial charge in [0.1, 0.15) is 5.82 Å². The van der Waals surface area contributed by atoms with Crippen molar-refractivity contribution >= 4 is 5.78 Å². The van der Waals surface area contributed by atoms with E-state index in [4.69, 9.17) is 5.73 Å². The Morgan fingerprint density at radius 1 is 1.33 bits per heavy atom. The highest BCUT2D eigenvalue weighted by atomic mass is 19.1. The number of halogens is 1. The SMILES string of the molecule is Cc1cc(F)cc(C(=O)CC(N)CC(C)(C)C)c1. The van der Waals surface area contributed by atoms with E-state index in [9.17, 15) is 9.18 Å². The lowest BCUT2D eigenvalue weighted by Crippen LogP contribution is -2.29. The summed E-state index contributed by atoms with van der Waals surface area (Å²) < 4.78 is 13.2. The number of Topliss-reactive ketones (excluding diaryl/α,β-unsaturated/α-hetero) is 1. The molecule has 2 N–H and O–H groups in total. The Morgan fingerprint density at radius 2 is 1.94 bits per heavy atom. The molecule has 100 valence electrons. The minimum Gasteiger partial charge on any atom is -0.327 e. The average Bonchev–Trinajstić information content (AvgIpc) is 2.12. The molecule has 1 aromatic carbocycles. The van der Waals surface area contributed by atoms with Crippen molar-refractivity contribution in [2.24, 2.45) is 11.1 Å². The lowest BCUT2D eigenvalue weighted by molar-refractivity contribution is 0.0967. The maximum absolute atomic E-state index is 13.2. The summed E-state index contributed by atoms with van der Waals surface area (Å²) in [4.78, 5) is 12.0. The van der Waals surface area contributed by atoms with Crippen LogP contribution in [0, 0.1) is 18.2 Å². The Bertz CT molecular complexity index is 414. The van der Waals surface area contributed by atoms with Crippen LogP contribution in [0.5, 0.6) is 0 Å². The molecule has 0 spiro atoms. The third-order valence-electron chi connectivity index (χ3n) is 2.69. The molecule has 3 heteroatoms. The Morgan fingerprint density at radius 3 is 2.44 bits per heavy atom. The first-order chi connectivity index (χ1) is 8.17. The van der Waals surface area contributed by atoms with Crippen molar-refractivity contribution in [3.63, 3.8) is 0 Å². The van der Waals surface area contributed by atoms with Crippen LogP contribution in [0.4, 0.5) is 4.39 Å². The van der Waals surface area contributed by atoms with Gasteiger partial charge >= 0.3 is 0 Å². The summed E-state index contributed by atoms with van der Waals surface area (Å²) in [5.41, 5.74) is 7.22. The maximum atomic E-state index is 13.2. The summed E-state index contributed by atoms with van der Waals surface area (Å²) in [6.45, 7) is 8.03. The zero-order chi connectivity index (χ0) is 13.9. The summed E-state index contributed by atoms with van der Waals surface area (Å²) in [7, 11) is 0. The fourth-order valence-corrected chi connectivity index (χ4v) is 2.11. The number of hydrogen-bond acceptors (Lipinski definition) is 2. The monoisotopic (exact) mass is 251 g/mol. The zero-order valence-corrected chi connectivity index (χ0v) is 11.6. The van der Waals surface area contributed by atoms with Crippen LogP contribution in [0.25, 0.3) is 0 Å². The molecule has 1 atom stereocenters. The molecule has 0 heterocycles. The topological polar surface area (TPSA) is 43.1 Å². The number of nitrogens with two attached hydrogens (primary N) is 1. The third-order valence-corrected chi connectivity index (χ3v) is 2.69. The summed E-state index contributed by atoms with van der Waals surface area (Å²) in [5.74, 6) is -0.461. The largest absolute Gasteiger partial charge is 0.327 e. The quantitative estimate of drug-likeness (QED) is 0.833. The van der Waals surface area contributed by atoms with Gasteiger partial charge in [0.2, 0.25) is 0 Å². The molecule has 0 aromatic heterocycles. The number of carbonyl (C=O) groups is 1. The van der Waals surface area contributed by atoms with Crippen molar-refractivity contribution in [1.29, 1.82) is 0 Å². The fraction of sp³-hybridized carbons (Fsp3) is 0.533. The van der Waals surface area contributed by atoms with Crippen molar-refractivity contribution < 1.29 is 9.18 Å². The van der Waals surface area contributed by atoms with E-state index in [1.165, 1.54) is 12.1 Å². The van der Waals surface area contributed by atoms with Gasteiger partial charge in [-0.1, -0.05) is 20.8 Å². The van der Waals surface area contributed by atoms with E-state index in [2.05, 4.69) is 20.8 Å². The average molecular weight is 251 g/mol. The van der Waals surface area contributed by atoms with Crippen LogP contribution in [0.2, 0.25) is 0 Å². The molecule has 0 saturated heterocycles. The van der Waals surface area contributed by atoms with E-state index in [1.807, 2.05) is 0 Å². The number of aryl methyl sites for hydroxylation is 1. The third kappa shape index (κ3) is 4.96. The Hall–Kier alpha value is -1.22. The second-order valence-electron chi connectivity index (χ2n) is 6.17. The van der Waals surface area contributed by atoms with Gasteiger partial charge in [-0.15, -0.1) is 0 Å². The molecule has 0 aliphatic rings. The Balaban J connectivity index is 2.70. The van der Waals surface area contributed by atoms with E-state index in [-0.39, 0.29) is 29.5 Å². The molecule has 0 radical (unpaired) electrons. The molecule has 1 rings (SSSR count). The first kappa shape index (κ1) is 14.8. The van der Waals surface area contributed by atoms with Gasteiger partial charge in [-0.25, -0.2) is 4.39 Å². The Labute approximate surface area is 108 Å². The summed E-state index contributed by atoms with van der Waals surface area (Å²) in [6, 6.07) is 4.21. The first-order valence-electron chi connectivity index (χ1n) is 6.23. The standard InChI is InChI=1S/C15H22FNO/c1-10-5-11(7-12(16)6-10)14(18)8-13(17)9-15(2,3)4/h5-7,13H,8-9,17H2,1-4H3. The number of ketones is 1. The van der Waals surface area contributed by atoms with E-state index in [1.54, 1.807) is 13.0 Å². The number of hydrogen-bond donors (Lipinski definition) is 1. The van der Waals surface area contributed by atoms with Crippen LogP contribution in [-0.2, 0) is 0 Å². The predicted octanol–water partition coefficient (Wildman–Crippen LogP) is 3.47. The van der Waals surface area contributed by atoms with Gasteiger partial charge in [-0.3, -0.25) is 4.79 Å². The number of carbonyl (C=O) groups excluding carboxylic acids is 1. The second kappa shape index (κ2) is 5.61. The molecule has 0 saturated carbocycles. The molecule has 0 bridgehead atoms. The molecule has 1 aromatic rings. The highest BCUT2D eigenvalue weighted by Crippen LogP contribution is 2.22. The van der Waals surface area contributed by atoms with E-state index in [0.29, 0.717) is 5.56 Å².